The normalized spacial score (nSPS) is 11.3. The number of nitrogens with one attached hydrogen (secondary N) is 3. The van der Waals surface area contributed by atoms with Crippen LogP contribution in [0, 0.1) is 17.6 Å². The van der Waals surface area contributed by atoms with E-state index in [4.69, 9.17) is 4.74 Å². The summed E-state index contributed by atoms with van der Waals surface area (Å²) in [6.07, 6.45) is -0.833. The second-order valence-electron chi connectivity index (χ2n) is 6.97. The smallest absolute Gasteiger partial charge is 0.411 e. The minimum Gasteiger partial charge on any atom is -0.449 e. The van der Waals surface area contributed by atoms with Gasteiger partial charge in [-0.05, 0) is 42.3 Å². The number of rotatable bonds is 9. The van der Waals surface area contributed by atoms with E-state index < -0.39 is 38.6 Å². The minimum atomic E-state index is -4.10. The summed E-state index contributed by atoms with van der Waals surface area (Å²) in [5, 5.41) is 5.11. The van der Waals surface area contributed by atoms with E-state index in [9.17, 15) is 26.8 Å². The highest BCUT2D eigenvalue weighted by Gasteiger charge is 2.16. The molecule has 0 aliphatic heterocycles. The number of hydrogen-bond acceptors (Lipinski definition) is 5. The molecule has 0 heterocycles. The SMILES string of the molecule is CC(C)COC(=O)Nc1cccc(NC(=O)CCNS(=O)(=O)c2ccc(F)c(F)c2)c1. The van der Waals surface area contributed by atoms with Crippen LogP contribution in [0.1, 0.15) is 20.3 Å². The highest BCUT2D eigenvalue weighted by molar-refractivity contribution is 7.89. The van der Waals surface area contributed by atoms with Crippen LogP contribution in [-0.4, -0.2) is 33.6 Å². The van der Waals surface area contributed by atoms with Crippen molar-refractivity contribution in [3.8, 4) is 0 Å². The van der Waals surface area contributed by atoms with E-state index in [0.717, 1.165) is 6.07 Å². The fraction of sp³-hybridized carbons (Fsp3) is 0.300. The van der Waals surface area contributed by atoms with Gasteiger partial charge >= 0.3 is 6.09 Å². The molecule has 0 aromatic heterocycles. The standard InChI is InChI=1S/C20H23F2N3O5S/c1-13(2)12-30-20(27)25-15-5-3-4-14(10-15)24-19(26)8-9-23-31(28,29)16-6-7-17(21)18(22)11-16/h3-7,10-11,13,23H,8-9,12H2,1-2H3,(H,24,26)(H,25,27). The van der Waals surface area contributed by atoms with Gasteiger partial charge in [0.25, 0.3) is 0 Å². The summed E-state index contributed by atoms with van der Waals surface area (Å²) in [7, 11) is -4.10. The molecule has 2 rings (SSSR count). The number of amides is 2. The molecule has 8 nitrogen and oxygen atoms in total. The van der Waals surface area contributed by atoms with Crippen molar-refractivity contribution in [3.05, 3.63) is 54.1 Å². The number of anilines is 2. The van der Waals surface area contributed by atoms with Crippen molar-refractivity contribution >= 4 is 33.4 Å². The fourth-order valence-electron chi connectivity index (χ4n) is 2.32. The molecule has 2 aromatic carbocycles. The summed E-state index contributed by atoms with van der Waals surface area (Å²) in [5.74, 6) is -2.76. The molecule has 0 saturated carbocycles. The van der Waals surface area contributed by atoms with Crippen molar-refractivity contribution in [1.29, 1.82) is 0 Å². The van der Waals surface area contributed by atoms with Crippen molar-refractivity contribution in [2.75, 3.05) is 23.8 Å². The van der Waals surface area contributed by atoms with E-state index in [2.05, 4.69) is 15.4 Å². The first-order valence-corrected chi connectivity index (χ1v) is 10.8. The lowest BCUT2D eigenvalue weighted by molar-refractivity contribution is -0.116. The Morgan fingerprint density at radius 2 is 1.68 bits per heavy atom. The van der Waals surface area contributed by atoms with E-state index in [0.29, 0.717) is 23.5 Å². The first kappa shape index (κ1) is 24.2. The first-order chi connectivity index (χ1) is 14.6. The molecule has 0 spiro atoms. The van der Waals surface area contributed by atoms with Gasteiger partial charge in [0, 0.05) is 24.3 Å². The zero-order valence-electron chi connectivity index (χ0n) is 16.9. The predicted molar refractivity (Wildman–Crippen MR) is 111 cm³/mol. The van der Waals surface area contributed by atoms with E-state index in [1.807, 2.05) is 13.8 Å². The van der Waals surface area contributed by atoms with Crippen LogP contribution in [-0.2, 0) is 19.6 Å². The lowest BCUT2D eigenvalue weighted by Crippen LogP contribution is -2.28. The second-order valence-corrected chi connectivity index (χ2v) is 8.74. The summed E-state index contributed by atoms with van der Waals surface area (Å²) < 4.78 is 57.5. The third-order valence-electron chi connectivity index (χ3n) is 3.79. The van der Waals surface area contributed by atoms with Gasteiger partial charge in [0.1, 0.15) is 0 Å². The second kappa shape index (κ2) is 10.8. The van der Waals surface area contributed by atoms with Gasteiger partial charge in [-0.1, -0.05) is 19.9 Å². The predicted octanol–water partition coefficient (Wildman–Crippen LogP) is 3.48. The monoisotopic (exact) mass is 455 g/mol. The summed E-state index contributed by atoms with van der Waals surface area (Å²) in [4.78, 5) is 23.3. The molecule has 2 amide bonds. The summed E-state index contributed by atoms with van der Waals surface area (Å²) in [6.45, 7) is 3.82. The number of carbonyl (C=O) groups excluding carboxylic acids is 2. The summed E-state index contributed by atoms with van der Waals surface area (Å²) in [6, 6.07) is 8.51. The number of ether oxygens (including phenoxy) is 1. The van der Waals surface area contributed by atoms with Gasteiger partial charge in [0.05, 0.1) is 11.5 Å². The lowest BCUT2D eigenvalue weighted by atomic mass is 10.2. The van der Waals surface area contributed by atoms with Crippen molar-refractivity contribution in [3.63, 3.8) is 0 Å². The molecule has 0 radical (unpaired) electrons. The van der Waals surface area contributed by atoms with Crippen molar-refractivity contribution in [2.45, 2.75) is 25.2 Å². The molecule has 0 bridgehead atoms. The number of benzene rings is 2. The highest BCUT2D eigenvalue weighted by atomic mass is 32.2. The van der Waals surface area contributed by atoms with Gasteiger partial charge in [-0.3, -0.25) is 10.1 Å². The topological polar surface area (TPSA) is 114 Å². The largest absolute Gasteiger partial charge is 0.449 e. The molecule has 3 N–H and O–H groups in total. The van der Waals surface area contributed by atoms with Gasteiger partial charge in [0.2, 0.25) is 15.9 Å². The van der Waals surface area contributed by atoms with Crippen LogP contribution >= 0.6 is 0 Å². The summed E-state index contributed by atoms with van der Waals surface area (Å²) >= 11 is 0. The van der Waals surface area contributed by atoms with E-state index in [1.165, 1.54) is 6.07 Å². The Labute approximate surface area is 179 Å². The van der Waals surface area contributed by atoms with Gasteiger partial charge < -0.3 is 10.1 Å². The number of sulfonamides is 1. The number of halogens is 2. The van der Waals surface area contributed by atoms with E-state index in [-0.39, 0.29) is 25.5 Å². The molecule has 2 aromatic rings. The minimum absolute atomic E-state index is 0.191. The molecule has 11 heteroatoms. The fourth-order valence-corrected chi connectivity index (χ4v) is 3.36. The molecule has 168 valence electrons. The first-order valence-electron chi connectivity index (χ1n) is 9.35. The van der Waals surface area contributed by atoms with Gasteiger partial charge in [-0.25, -0.2) is 26.7 Å². The van der Waals surface area contributed by atoms with E-state index >= 15 is 0 Å². The Morgan fingerprint density at radius 3 is 2.32 bits per heavy atom. The van der Waals surface area contributed by atoms with Crippen LogP contribution in [0.3, 0.4) is 0 Å². The highest BCUT2D eigenvalue weighted by Crippen LogP contribution is 2.16. The third-order valence-corrected chi connectivity index (χ3v) is 5.24. The molecule has 0 aliphatic carbocycles. The van der Waals surface area contributed by atoms with Crippen LogP contribution in [0.4, 0.5) is 25.0 Å². The van der Waals surface area contributed by atoms with E-state index in [1.54, 1.807) is 18.2 Å². The Morgan fingerprint density at radius 1 is 1.00 bits per heavy atom. The molecule has 0 unspecified atom stereocenters. The average molecular weight is 455 g/mol. The maximum atomic E-state index is 13.2. The maximum absolute atomic E-state index is 13.2. The molecule has 0 aliphatic rings. The molecule has 0 atom stereocenters. The van der Waals surface area contributed by atoms with Crippen molar-refractivity contribution < 1.29 is 31.5 Å². The van der Waals surface area contributed by atoms with Gasteiger partial charge in [0.15, 0.2) is 11.6 Å². The molecule has 0 saturated heterocycles. The van der Waals surface area contributed by atoms with Crippen molar-refractivity contribution in [1.82, 2.24) is 4.72 Å². The van der Waals surface area contributed by atoms with Crippen molar-refractivity contribution in [2.24, 2.45) is 5.92 Å². The molecular formula is C20H23F2N3O5S. The molecule has 31 heavy (non-hydrogen) atoms. The van der Waals surface area contributed by atoms with Crippen LogP contribution < -0.4 is 15.4 Å². The molecule has 0 fully saturated rings. The van der Waals surface area contributed by atoms with Crippen LogP contribution in [0.2, 0.25) is 0 Å². The van der Waals surface area contributed by atoms with Crippen LogP contribution in [0.15, 0.2) is 47.4 Å². The molecular weight excluding hydrogens is 432 g/mol. The average Bonchev–Trinajstić information content (AvgIpc) is 2.68. The number of carbonyl (C=O) groups is 2. The zero-order chi connectivity index (χ0) is 23.0. The quantitative estimate of drug-likeness (QED) is 0.536. The third kappa shape index (κ3) is 7.95. The Hall–Kier alpha value is -3.05. The number of hydrogen-bond donors (Lipinski definition) is 3. The maximum Gasteiger partial charge on any atom is 0.411 e. The van der Waals surface area contributed by atoms with Crippen LogP contribution in [0.25, 0.3) is 0 Å². The van der Waals surface area contributed by atoms with Gasteiger partial charge in [-0.15, -0.1) is 0 Å². The lowest BCUT2D eigenvalue weighted by Gasteiger charge is -2.11. The van der Waals surface area contributed by atoms with Crippen LogP contribution in [0.5, 0.6) is 0 Å². The Kier molecular flexibility index (Phi) is 8.46. The Bertz CT molecular complexity index is 1040. The van der Waals surface area contributed by atoms with Gasteiger partial charge in [-0.2, -0.15) is 0 Å². The summed E-state index contributed by atoms with van der Waals surface area (Å²) in [5.41, 5.74) is 0.792. The Balaban J connectivity index is 1.85. The zero-order valence-corrected chi connectivity index (χ0v) is 17.8.